The molecule has 1 aliphatic rings. The Balaban J connectivity index is 1.73. The second kappa shape index (κ2) is 6.96. The maximum Gasteiger partial charge on any atom is 0.346 e. The minimum absolute atomic E-state index is 0.0514. The number of H-pyrrole nitrogens is 1. The summed E-state index contributed by atoms with van der Waals surface area (Å²) in [6.07, 6.45) is 3.77. The van der Waals surface area contributed by atoms with Gasteiger partial charge in [-0.25, -0.2) is 4.79 Å². The number of ketones is 1. The van der Waals surface area contributed by atoms with Crippen molar-refractivity contribution in [1.29, 1.82) is 0 Å². The lowest BCUT2D eigenvalue weighted by Gasteiger charge is -2.17. The van der Waals surface area contributed by atoms with E-state index in [1.165, 1.54) is 36.0 Å². The highest BCUT2D eigenvalue weighted by Crippen LogP contribution is 2.27. The predicted molar refractivity (Wildman–Crippen MR) is 89.7 cm³/mol. The minimum atomic E-state index is -0.505. The number of rotatable bonds is 5. The van der Waals surface area contributed by atoms with Crippen molar-refractivity contribution in [3.05, 3.63) is 61.7 Å². The number of non-ortho nitro benzene ring substituents is 1. The highest BCUT2D eigenvalue weighted by atomic mass is 32.2. The molecule has 1 N–H and O–H groups in total. The van der Waals surface area contributed by atoms with Crippen LogP contribution >= 0.6 is 11.8 Å². The molecule has 0 bridgehead atoms. The van der Waals surface area contributed by atoms with Gasteiger partial charge in [0.25, 0.3) is 5.69 Å². The number of aryl methyl sites for hydroxylation is 1. The second-order valence-electron chi connectivity index (χ2n) is 5.53. The second-order valence-corrected chi connectivity index (χ2v) is 6.49. The van der Waals surface area contributed by atoms with Crippen LogP contribution in [0.3, 0.4) is 0 Å². The third-order valence-electron chi connectivity index (χ3n) is 3.93. The van der Waals surface area contributed by atoms with Crippen molar-refractivity contribution in [2.45, 2.75) is 30.7 Å². The number of hydrogen-bond acceptors (Lipinski definition) is 6. The van der Waals surface area contributed by atoms with E-state index in [1.807, 2.05) is 0 Å². The number of nitrogens with one attached hydrogen (secondary N) is 1. The Hall–Kier alpha value is -2.48. The van der Waals surface area contributed by atoms with E-state index in [4.69, 9.17) is 0 Å². The number of carbonyl (C=O) groups is 1. The first-order valence-electron chi connectivity index (χ1n) is 7.57. The number of nitrogens with zero attached hydrogens (tertiary/aromatic N) is 2. The Morgan fingerprint density at radius 3 is 2.67 bits per heavy atom. The zero-order valence-electron chi connectivity index (χ0n) is 12.8. The zero-order chi connectivity index (χ0) is 17.1. The molecular formula is C16H15N3O4S. The molecule has 1 aromatic carbocycles. The largest absolute Gasteiger partial charge is 0.346 e. The summed E-state index contributed by atoms with van der Waals surface area (Å²) in [5.74, 6) is -0.0118. The molecule has 2 aromatic rings. The third-order valence-corrected chi connectivity index (χ3v) is 4.94. The van der Waals surface area contributed by atoms with Crippen LogP contribution in [0.15, 0.2) is 34.1 Å². The van der Waals surface area contributed by atoms with Gasteiger partial charge >= 0.3 is 5.69 Å². The SMILES string of the molecule is O=C(CSc1nc(=O)[nH]c2c1CCCC2)c1ccc([N+](=O)[O-])cc1. The van der Waals surface area contributed by atoms with Gasteiger partial charge < -0.3 is 4.98 Å². The van der Waals surface area contributed by atoms with Crippen molar-refractivity contribution in [2.75, 3.05) is 5.75 Å². The van der Waals surface area contributed by atoms with Gasteiger partial charge in [-0.05, 0) is 37.8 Å². The first-order chi connectivity index (χ1) is 11.5. The van der Waals surface area contributed by atoms with Crippen molar-refractivity contribution in [2.24, 2.45) is 0 Å². The van der Waals surface area contributed by atoms with Gasteiger partial charge in [0.2, 0.25) is 0 Å². The van der Waals surface area contributed by atoms with Crippen molar-refractivity contribution in [3.8, 4) is 0 Å². The van der Waals surface area contributed by atoms with Gasteiger partial charge in [-0.3, -0.25) is 14.9 Å². The van der Waals surface area contributed by atoms with Crippen LogP contribution < -0.4 is 5.69 Å². The molecule has 0 saturated carbocycles. The Morgan fingerprint density at radius 1 is 1.25 bits per heavy atom. The number of aromatic nitrogens is 2. The van der Waals surface area contributed by atoms with E-state index >= 15 is 0 Å². The van der Waals surface area contributed by atoms with Crippen LogP contribution in [-0.4, -0.2) is 26.4 Å². The quantitative estimate of drug-likeness (QED) is 0.293. The number of nitro groups is 1. The number of Topliss-reactive ketones (excluding diaryl/α,β-unsaturated/α-hetero) is 1. The first-order valence-corrected chi connectivity index (χ1v) is 8.55. The molecule has 7 nitrogen and oxygen atoms in total. The Morgan fingerprint density at radius 2 is 1.96 bits per heavy atom. The smallest absolute Gasteiger partial charge is 0.309 e. The van der Waals surface area contributed by atoms with E-state index in [0.29, 0.717) is 10.6 Å². The van der Waals surface area contributed by atoms with Crippen LogP contribution in [0.4, 0.5) is 5.69 Å². The molecule has 1 aromatic heterocycles. The molecule has 0 amide bonds. The molecule has 1 heterocycles. The molecular weight excluding hydrogens is 330 g/mol. The maximum absolute atomic E-state index is 12.2. The van der Waals surface area contributed by atoms with E-state index < -0.39 is 4.92 Å². The number of benzene rings is 1. The van der Waals surface area contributed by atoms with Gasteiger partial charge in [0.05, 0.1) is 10.7 Å². The van der Waals surface area contributed by atoms with E-state index in [2.05, 4.69) is 9.97 Å². The summed E-state index contributed by atoms with van der Waals surface area (Å²) in [7, 11) is 0. The van der Waals surface area contributed by atoms with Crippen LogP contribution in [0.5, 0.6) is 0 Å². The van der Waals surface area contributed by atoms with Gasteiger partial charge in [0.15, 0.2) is 5.78 Å². The number of thioether (sulfide) groups is 1. The summed E-state index contributed by atoms with van der Waals surface area (Å²) < 4.78 is 0. The molecule has 124 valence electrons. The molecule has 3 rings (SSSR count). The molecule has 0 unspecified atom stereocenters. The fourth-order valence-corrected chi connectivity index (χ4v) is 3.68. The number of fused-ring (bicyclic) bond motifs is 1. The maximum atomic E-state index is 12.2. The number of nitro benzene ring substituents is 1. The van der Waals surface area contributed by atoms with Crippen LogP contribution in [0.2, 0.25) is 0 Å². The molecule has 0 radical (unpaired) electrons. The fraction of sp³-hybridized carbons (Fsp3) is 0.312. The molecule has 24 heavy (non-hydrogen) atoms. The van der Waals surface area contributed by atoms with Gasteiger partial charge in [0, 0.05) is 29.0 Å². The minimum Gasteiger partial charge on any atom is -0.309 e. The zero-order valence-corrected chi connectivity index (χ0v) is 13.6. The summed E-state index contributed by atoms with van der Waals surface area (Å²) in [5.41, 5.74) is 1.92. The molecule has 8 heteroatoms. The van der Waals surface area contributed by atoms with Crippen molar-refractivity contribution in [1.82, 2.24) is 9.97 Å². The first kappa shape index (κ1) is 16.4. The average Bonchev–Trinajstić information content (AvgIpc) is 2.59. The number of aromatic amines is 1. The lowest BCUT2D eigenvalue weighted by Crippen LogP contribution is -2.20. The van der Waals surface area contributed by atoms with Crippen LogP contribution in [0.25, 0.3) is 0 Å². The molecule has 0 spiro atoms. The van der Waals surface area contributed by atoms with Crippen molar-refractivity contribution >= 4 is 23.2 Å². The molecule has 0 fully saturated rings. The van der Waals surface area contributed by atoms with Crippen molar-refractivity contribution < 1.29 is 9.72 Å². The third kappa shape index (κ3) is 3.53. The highest BCUT2D eigenvalue weighted by molar-refractivity contribution is 8.00. The van der Waals surface area contributed by atoms with Crippen LogP contribution in [-0.2, 0) is 12.8 Å². The van der Waals surface area contributed by atoms with E-state index in [-0.39, 0.29) is 22.9 Å². The van der Waals surface area contributed by atoms with E-state index in [9.17, 15) is 19.7 Å². The Kier molecular flexibility index (Phi) is 4.75. The molecule has 0 atom stereocenters. The number of hydrogen-bond donors (Lipinski definition) is 1. The fourth-order valence-electron chi connectivity index (χ4n) is 2.70. The topological polar surface area (TPSA) is 106 Å². The standard InChI is InChI=1S/C16H15N3O4S/c20-14(10-5-7-11(8-6-10)19(22)23)9-24-15-12-3-1-2-4-13(12)17-16(21)18-15/h5-8H,1-4,9H2,(H,17,18,21). The summed E-state index contributed by atoms with van der Waals surface area (Å²) in [6.45, 7) is 0. The number of carbonyl (C=O) groups excluding carboxylic acids is 1. The highest BCUT2D eigenvalue weighted by Gasteiger charge is 2.18. The summed E-state index contributed by atoms with van der Waals surface area (Å²) in [6, 6.07) is 5.51. The molecule has 0 aliphatic heterocycles. The molecule has 1 aliphatic carbocycles. The lowest BCUT2D eigenvalue weighted by molar-refractivity contribution is -0.384. The van der Waals surface area contributed by atoms with Crippen molar-refractivity contribution in [3.63, 3.8) is 0 Å². The van der Waals surface area contributed by atoms with Crippen LogP contribution in [0, 0.1) is 10.1 Å². The predicted octanol–water partition coefficient (Wildman–Crippen LogP) is 2.53. The Bertz CT molecular complexity index is 845. The molecule has 0 saturated heterocycles. The van der Waals surface area contributed by atoms with Gasteiger partial charge in [-0.1, -0.05) is 11.8 Å². The lowest BCUT2D eigenvalue weighted by atomic mass is 9.98. The van der Waals surface area contributed by atoms with E-state index in [1.54, 1.807) is 0 Å². The van der Waals surface area contributed by atoms with E-state index in [0.717, 1.165) is 36.9 Å². The Labute approximate surface area is 141 Å². The monoisotopic (exact) mass is 345 g/mol. The van der Waals surface area contributed by atoms with Gasteiger partial charge in [0.1, 0.15) is 5.03 Å². The van der Waals surface area contributed by atoms with Gasteiger partial charge in [-0.2, -0.15) is 4.98 Å². The normalized spacial score (nSPS) is 13.3. The summed E-state index contributed by atoms with van der Waals surface area (Å²) in [4.78, 5) is 40.8. The average molecular weight is 345 g/mol. The summed E-state index contributed by atoms with van der Waals surface area (Å²) in [5, 5.41) is 11.3. The van der Waals surface area contributed by atoms with Crippen LogP contribution in [0.1, 0.15) is 34.5 Å². The summed E-state index contributed by atoms with van der Waals surface area (Å²) >= 11 is 1.25. The van der Waals surface area contributed by atoms with Gasteiger partial charge in [-0.15, -0.1) is 0 Å².